The Hall–Kier alpha value is -3.19. The van der Waals surface area contributed by atoms with Crippen LogP contribution in [0, 0.1) is 13.8 Å². The Morgan fingerprint density at radius 1 is 1.00 bits per heavy atom. The third-order valence-electron chi connectivity index (χ3n) is 5.40. The van der Waals surface area contributed by atoms with Gasteiger partial charge < -0.3 is 9.88 Å². The average molecular weight is 432 g/mol. The van der Waals surface area contributed by atoms with Crippen LogP contribution in [-0.2, 0) is 18.3 Å². The molecule has 0 aliphatic carbocycles. The summed E-state index contributed by atoms with van der Waals surface area (Å²) in [6.07, 6.45) is 2.97. The zero-order chi connectivity index (χ0) is 22.0. The number of aryl methyl sites for hydroxylation is 3. The van der Waals surface area contributed by atoms with Gasteiger partial charge in [-0.3, -0.25) is 4.79 Å². The summed E-state index contributed by atoms with van der Waals surface area (Å²) in [5.41, 5.74) is 6.77. The second-order valence-electron chi connectivity index (χ2n) is 7.47. The second-order valence-corrected chi connectivity index (χ2v) is 8.24. The van der Waals surface area contributed by atoms with Crippen LogP contribution >= 0.6 is 11.8 Å². The highest BCUT2D eigenvalue weighted by Crippen LogP contribution is 2.25. The van der Waals surface area contributed by atoms with E-state index in [2.05, 4.69) is 25.9 Å². The molecule has 0 aliphatic heterocycles. The van der Waals surface area contributed by atoms with Crippen LogP contribution in [-0.4, -0.2) is 31.7 Å². The molecule has 0 fully saturated rings. The van der Waals surface area contributed by atoms with Crippen LogP contribution in [0.15, 0.2) is 53.7 Å². The molecule has 0 radical (unpaired) electrons. The molecule has 1 N–H and O–H groups in total. The number of carbonyl (C=O) groups excluding carboxylic acids is 1. The van der Waals surface area contributed by atoms with Gasteiger partial charge in [0, 0.05) is 36.1 Å². The topological polar surface area (TPSA) is 72.7 Å². The fraction of sp³-hybridized carbons (Fsp3) is 0.250. The Morgan fingerprint density at radius 2 is 1.68 bits per heavy atom. The molecule has 2 heterocycles. The molecule has 31 heavy (non-hydrogen) atoms. The predicted octanol–water partition coefficient (Wildman–Crippen LogP) is 4.94. The molecule has 6 nitrogen and oxygen atoms in total. The molecule has 1 amide bonds. The minimum Gasteiger partial charge on any atom is -0.327 e. The molecule has 0 spiro atoms. The quantitative estimate of drug-likeness (QED) is 0.346. The Morgan fingerprint density at radius 3 is 2.32 bits per heavy atom. The number of anilines is 1. The van der Waals surface area contributed by atoms with Crippen molar-refractivity contribution in [1.29, 1.82) is 0 Å². The third-order valence-corrected chi connectivity index (χ3v) is 5.95. The zero-order valence-electron chi connectivity index (χ0n) is 18.1. The van der Waals surface area contributed by atoms with Crippen LogP contribution in [0.1, 0.15) is 23.4 Å². The highest BCUT2D eigenvalue weighted by atomic mass is 32.2. The van der Waals surface area contributed by atoms with Crippen LogP contribution in [0.3, 0.4) is 0 Å². The molecule has 0 bridgehead atoms. The second kappa shape index (κ2) is 8.89. The number of amides is 1. The Labute approximate surface area is 186 Å². The highest BCUT2D eigenvalue weighted by molar-refractivity contribution is 7.98. The lowest BCUT2D eigenvalue weighted by atomic mass is 10.1. The van der Waals surface area contributed by atoms with Gasteiger partial charge in [0.25, 0.3) is 0 Å². The number of nitrogens with zero attached hydrogens (tertiary/aromatic N) is 4. The largest absolute Gasteiger partial charge is 0.327 e. The SMILES string of the molecule is CSc1nc(C)c(CCC(=O)Nc2ccc(-c3nc4ccccc4n3C)cc2)c(C)n1. The van der Waals surface area contributed by atoms with Gasteiger partial charge in [-0.05, 0) is 68.5 Å². The van der Waals surface area contributed by atoms with E-state index in [9.17, 15) is 4.79 Å². The number of para-hydroxylation sites is 2. The van der Waals surface area contributed by atoms with Crippen molar-refractivity contribution < 1.29 is 4.79 Å². The molecule has 2 aromatic heterocycles. The Kier molecular flexibility index (Phi) is 6.04. The first-order valence-corrected chi connectivity index (χ1v) is 11.4. The summed E-state index contributed by atoms with van der Waals surface area (Å²) in [4.78, 5) is 26.2. The first kappa shape index (κ1) is 21.1. The van der Waals surface area contributed by atoms with E-state index in [0.717, 1.165) is 50.2 Å². The predicted molar refractivity (Wildman–Crippen MR) is 126 cm³/mol. The van der Waals surface area contributed by atoms with E-state index in [0.29, 0.717) is 12.8 Å². The molecule has 158 valence electrons. The molecule has 0 unspecified atom stereocenters. The molecule has 7 heteroatoms. The van der Waals surface area contributed by atoms with Crippen molar-refractivity contribution in [1.82, 2.24) is 19.5 Å². The van der Waals surface area contributed by atoms with Crippen molar-refractivity contribution in [3.63, 3.8) is 0 Å². The Balaban J connectivity index is 1.42. The van der Waals surface area contributed by atoms with E-state index < -0.39 is 0 Å². The molecule has 2 aromatic carbocycles. The van der Waals surface area contributed by atoms with E-state index in [-0.39, 0.29) is 5.91 Å². The molecule has 0 atom stereocenters. The first-order valence-electron chi connectivity index (χ1n) is 10.2. The summed E-state index contributed by atoms with van der Waals surface area (Å²) < 4.78 is 2.08. The van der Waals surface area contributed by atoms with Crippen LogP contribution in [0.2, 0.25) is 0 Å². The maximum absolute atomic E-state index is 12.5. The van der Waals surface area contributed by atoms with Gasteiger partial charge in [0.2, 0.25) is 5.91 Å². The molecule has 4 aromatic rings. The molecular weight excluding hydrogens is 406 g/mol. The zero-order valence-corrected chi connectivity index (χ0v) is 19.0. The standard InChI is InChI=1S/C24H25N5OS/c1-15-19(16(2)26-24(25-15)31-4)13-14-22(30)27-18-11-9-17(10-12-18)23-28-20-7-5-6-8-21(20)29(23)3/h5-12H,13-14H2,1-4H3,(H,27,30). The Bertz CT molecular complexity index is 1220. The molecule has 0 saturated heterocycles. The van der Waals surface area contributed by atoms with Crippen LogP contribution in [0.4, 0.5) is 5.69 Å². The number of carbonyl (C=O) groups is 1. The summed E-state index contributed by atoms with van der Waals surface area (Å²) in [5.74, 6) is 0.877. The van der Waals surface area contributed by atoms with E-state index in [4.69, 9.17) is 4.98 Å². The summed E-state index contributed by atoms with van der Waals surface area (Å²) in [7, 11) is 2.01. The third kappa shape index (κ3) is 4.46. The van der Waals surface area contributed by atoms with Crippen LogP contribution < -0.4 is 5.32 Å². The summed E-state index contributed by atoms with van der Waals surface area (Å²) in [5, 5.41) is 3.75. The highest BCUT2D eigenvalue weighted by Gasteiger charge is 2.12. The van der Waals surface area contributed by atoms with Crippen molar-refractivity contribution in [2.24, 2.45) is 7.05 Å². The maximum Gasteiger partial charge on any atom is 0.224 e. The lowest BCUT2D eigenvalue weighted by molar-refractivity contribution is -0.116. The minimum atomic E-state index is -0.0248. The van der Waals surface area contributed by atoms with E-state index >= 15 is 0 Å². The normalized spacial score (nSPS) is 11.1. The van der Waals surface area contributed by atoms with Gasteiger partial charge in [0.1, 0.15) is 5.82 Å². The van der Waals surface area contributed by atoms with Gasteiger partial charge in [-0.15, -0.1) is 0 Å². The summed E-state index contributed by atoms with van der Waals surface area (Å²) in [6, 6.07) is 15.9. The smallest absolute Gasteiger partial charge is 0.224 e. The van der Waals surface area contributed by atoms with E-state index in [1.807, 2.05) is 69.6 Å². The van der Waals surface area contributed by atoms with Crippen molar-refractivity contribution in [2.75, 3.05) is 11.6 Å². The van der Waals surface area contributed by atoms with Gasteiger partial charge in [-0.2, -0.15) is 0 Å². The van der Waals surface area contributed by atoms with Gasteiger partial charge in [0.05, 0.1) is 11.0 Å². The lowest BCUT2D eigenvalue weighted by Crippen LogP contribution is -2.13. The fourth-order valence-corrected chi connectivity index (χ4v) is 4.19. The monoisotopic (exact) mass is 431 g/mol. The van der Waals surface area contributed by atoms with Crippen molar-refractivity contribution in [3.05, 3.63) is 65.5 Å². The summed E-state index contributed by atoms with van der Waals surface area (Å²) in [6.45, 7) is 3.95. The number of fused-ring (bicyclic) bond motifs is 1. The number of hydrogen-bond acceptors (Lipinski definition) is 5. The minimum absolute atomic E-state index is 0.0248. The van der Waals surface area contributed by atoms with Gasteiger partial charge in [0.15, 0.2) is 5.16 Å². The number of benzene rings is 2. The lowest BCUT2D eigenvalue weighted by Gasteiger charge is -2.10. The number of thioether (sulfide) groups is 1. The van der Waals surface area contributed by atoms with Crippen LogP contribution in [0.5, 0.6) is 0 Å². The fourth-order valence-electron chi connectivity index (χ4n) is 3.73. The van der Waals surface area contributed by atoms with E-state index in [1.54, 1.807) is 0 Å². The number of hydrogen-bond donors (Lipinski definition) is 1. The van der Waals surface area contributed by atoms with E-state index in [1.165, 1.54) is 11.8 Å². The van der Waals surface area contributed by atoms with Gasteiger partial charge >= 0.3 is 0 Å². The van der Waals surface area contributed by atoms with Crippen molar-refractivity contribution >= 4 is 34.4 Å². The average Bonchev–Trinajstić information content (AvgIpc) is 3.10. The van der Waals surface area contributed by atoms with Crippen molar-refractivity contribution in [3.8, 4) is 11.4 Å². The van der Waals surface area contributed by atoms with Gasteiger partial charge in [-0.25, -0.2) is 15.0 Å². The first-order chi connectivity index (χ1) is 15.0. The molecule has 0 saturated carbocycles. The molecule has 0 aliphatic rings. The van der Waals surface area contributed by atoms with Gasteiger partial charge in [-0.1, -0.05) is 23.9 Å². The number of nitrogens with one attached hydrogen (secondary N) is 1. The number of rotatable bonds is 6. The number of aromatic nitrogens is 4. The summed E-state index contributed by atoms with van der Waals surface area (Å²) >= 11 is 1.53. The molecular formula is C24H25N5OS. The molecule has 4 rings (SSSR count). The number of imidazole rings is 1. The van der Waals surface area contributed by atoms with Crippen LogP contribution in [0.25, 0.3) is 22.4 Å². The maximum atomic E-state index is 12.5. The van der Waals surface area contributed by atoms with Crippen molar-refractivity contribution in [2.45, 2.75) is 31.8 Å².